The van der Waals surface area contributed by atoms with Gasteiger partial charge in [0.25, 0.3) is 0 Å². The van der Waals surface area contributed by atoms with E-state index in [0.29, 0.717) is 5.54 Å². The molecule has 0 aliphatic heterocycles. The summed E-state index contributed by atoms with van der Waals surface area (Å²) in [5.41, 5.74) is 15.6. The molecule has 0 saturated heterocycles. The lowest BCUT2D eigenvalue weighted by Crippen LogP contribution is -2.74. The Morgan fingerprint density at radius 2 is 0.565 bits per heavy atom. The molecule has 0 unspecified atom stereocenters. The molecule has 0 spiro atoms. The maximum absolute atomic E-state index is 2.81. The average Bonchev–Trinajstić information content (AvgIpc) is 3.10. The molecule has 0 atom stereocenters. The van der Waals surface area contributed by atoms with Crippen molar-refractivity contribution in [3.05, 3.63) is 92.1 Å². The van der Waals surface area contributed by atoms with Gasteiger partial charge in [-0.1, -0.05) is 155 Å². The molecule has 4 heteroatoms. The molecule has 0 aromatic heterocycles. The average molecular weight is 681 g/mol. The first-order valence-corrected chi connectivity index (χ1v) is 30.2. The summed E-state index contributed by atoms with van der Waals surface area (Å²) in [5.74, 6) is 0. The van der Waals surface area contributed by atoms with E-state index in [1.54, 1.807) is 59.0 Å². The van der Waals surface area contributed by atoms with Gasteiger partial charge in [-0.15, -0.1) is 0 Å². The Bertz CT molecular complexity index is 1590. The van der Waals surface area contributed by atoms with Crippen molar-refractivity contribution in [2.24, 2.45) is 0 Å². The van der Waals surface area contributed by atoms with Crippen LogP contribution in [0.2, 0.25) is 64.5 Å². The molecule has 0 N–H and O–H groups in total. The molecule has 3 aromatic carbocycles. The van der Waals surface area contributed by atoms with Crippen molar-refractivity contribution in [3.8, 4) is 0 Å². The van der Waals surface area contributed by atoms with Crippen molar-refractivity contribution in [3.63, 3.8) is 0 Å². The second kappa shape index (κ2) is 12.2. The number of hydrogen-bond donors (Lipinski definition) is 0. The van der Waals surface area contributed by atoms with Crippen molar-refractivity contribution in [2.75, 3.05) is 0 Å². The van der Waals surface area contributed by atoms with Gasteiger partial charge in [0.15, 0.2) is 8.07 Å². The molecule has 3 aromatic rings. The SMILES string of the molecule is CC1=C(C)C([Si](c2cc(C)cc([Si](C)(C)C)c2C)(c2cc(C)cc([Si](C)(C)C)c2C)c2cc(C)cc([Si](C)(C)C)c2C)C(C)=C1C. The van der Waals surface area contributed by atoms with Crippen LogP contribution in [0.3, 0.4) is 0 Å². The monoisotopic (exact) mass is 680 g/mol. The van der Waals surface area contributed by atoms with E-state index in [1.807, 2.05) is 0 Å². The third kappa shape index (κ3) is 6.06. The topological polar surface area (TPSA) is 0 Å². The Kier molecular flexibility index (Phi) is 9.74. The van der Waals surface area contributed by atoms with Gasteiger partial charge in [-0.25, -0.2) is 0 Å². The van der Waals surface area contributed by atoms with Crippen LogP contribution in [0.5, 0.6) is 0 Å². The van der Waals surface area contributed by atoms with Gasteiger partial charge in [-0.2, -0.15) is 0 Å². The van der Waals surface area contributed by atoms with Crippen LogP contribution in [0.25, 0.3) is 0 Å². The third-order valence-electron chi connectivity index (χ3n) is 11.4. The Morgan fingerprint density at radius 3 is 0.783 bits per heavy atom. The standard InChI is InChI=1S/C42H64Si4/c1-26-20-36(43(11,12)13)33(8)39(23-26)46(42-31(6)29(4)30(5)32(42)7,40-24-27(2)21-37(34(40)9)44(14,15)16)41-25-28(3)22-38(35(41)10)45(17,18)19/h20-25,42H,1-19H3. The van der Waals surface area contributed by atoms with Crippen LogP contribution in [0.1, 0.15) is 61.1 Å². The first-order valence-electron chi connectivity index (χ1n) is 17.6. The van der Waals surface area contributed by atoms with Crippen LogP contribution in [-0.2, 0) is 0 Å². The van der Waals surface area contributed by atoms with Crippen molar-refractivity contribution in [2.45, 2.75) is 134 Å². The quantitative estimate of drug-likeness (QED) is 0.173. The Morgan fingerprint density at radius 1 is 0.348 bits per heavy atom. The van der Waals surface area contributed by atoms with Gasteiger partial charge >= 0.3 is 0 Å². The predicted octanol–water partition coefficient (Wildman–Crippen LogP) is 8.70. The molecule has 0 amide bonds. The van der Waals surface area contributed by atoms with Crippen LogP contribution in [0, 0.1) is 41.5 Å². The smallest absolute Gasteiger partial charge is 0.0656 e. The maximum atomic E-state index is 2.67. The lowest BCUT2D eigenvalue weighted by molar-refractivity contribution is 1.09. The second-order valence-corrected chi connectivity index (χ2v) is 37.0. The fraction of sp³-hybridized carbons (Fsp3) is 0.476. The summed E-state index contributed by atoms with van der Waals surface area (Å²) >= 11 is 0. The van der Waals surface area contributed by atoms with Crippen LogP contribution in [0.15, 0.2) is 58.7 Å². The minimum Gasteiger partial charge on any atom is -0.0656 e. The summed E-state index contributed by atoms with van der Waals surface area (Å²) < 4.78 is 0. The third-order valence-corrected chi connectivity index (χ3v) is 23.6. The molecular weight excluding hydrogens is 617 g/mol. The molecule has 1 aliphatic carbocycles. The lowest BCUT2D eigenvalue weighted by atomic mass is 10.1. The normalized spacial score (nSPS) is 15.5. The Hall–Kier alpha value is -1.99. The van der Waals surface area contributed by atoms with Crippen LogP contribution < -0.4 is 31.1 Å². The lowest BCUT2D eigenvalue weighted by Gasteiger charge is -2.46. The highest BCUT2D eigenvalue weighted by Crippen LogP contribution is 2.47. The largest absolute Gasteiger partial charge is 0.160 e. The Balaban J connectivity index is 2.51. The Labute approximate surface area is 287 Å². The highest BCUT2D eigenvalue weighted by molar-refractivity contribution is 7.14. The molecule has 1 aliphatic rings. The number of allylic oxidation sites excluding steroid dienone is 4. The van der Waals surface area contributed by atoms with Crippen molar-refractivity contribution in [1.82, 2.24) is 0 Å². The van der Waals surface area contributed by atoms with Crippen LogP contribution >= 0.6 is 0 Å². The first kappa shape index (κ1) is 36.8. The van der Waals surface area contributed by atoms with E-state index in [4.69, 9.17) is 0 Å². The predicted molar refractivity (Wildman–Crippen MR) is 222 cm³/mol. The van der Waals surface area contributed by atoms with Gasteiger partial charge in [0, 0.05) is 5.54 Å². The second-order valence-electron chi connectivity index (χ2n) is 18.1. The molecule has 0 saturated carbocycles. The summed E-state index contributed by atoms with van der Waals surface area (Å²) in [7, 11) is -7.73. The van der Waals surface area contributed by atoms with Crippen LogP contribution in [-0.4, -0.2) is 32.3 Å². The summed E-state index contributed by atoms with van der Waals surface area (Å²) in [6.45, 7) is 47.3. The maximum Gasteiger partial charge on any atom is 0.160 e. The molecular formula is C42H64Si4. The van der Waals surface area contributed by atoms with E-state index in [9.17, 15) is 0 Å². The van der Waals surface area contributed by atoms with Crippen molar-refractivity contribution >= 4 is 63.4 Å². The molecule has 46 heavy (non-hydrogen) atoms. The minimum atomic E-state index is -2.81. The fourth-order valence-electron chi connectivity index (χ4n) is 9.04. The van der Waals surface area contributed by atoms with E-state index in [1.165, 1.54) is 27.8 Å². The zero-order valence-electron chi connectivity index (χ0n) is 33.0. The van der Waals surface area contributed by atoms with Crippen LogP contribution in [0.4, 0.5) is 0 Å². The first-order chi connectivity index (χ1) is 20.9. The molecule has 0 radical (unpaired) electrons. The zero-order chi connectivity index (χ0) is 35.1. The van der Waals surface area contributed by atoms with E-state index < -0.39 is 32.3 Å². The molecule has 4 rings (SSSR count). The summed E-state index contributed by atoms with van der Waals surface area (Å²) in [4.78, 5) is 0. The van der Waals surface area contributed by atoms with Gasteiger partial charge < -0.3 is 0 Å². The molecule has 0 fully saturated rings. The van der Waals surface area contributed by atoms with Gasteiger partial charge in [0.05, 0.1) is 24.2 Å². The van der Waals surface area contributed by atoms with Gasteiger partial charge in [-0.3, -0.25) is 0 Å². The van der Waals surface area contributed by atoms with Crippen molar-refractivity contribution < 1.29 is 0 Å². The zero-order valence-corrected chi connectivity index (χ0v) is 37.0. The van der Waals surface area contributed by atoms with E-state index in [-0.39, 0.29) is 0 Å². The van der Waals surface area contributed by atoms with E-state index in [2.05, 4.69) is 165 Å². The summed E-state index contributed by atoms with van der Waals surface area (Å²) in [6.07, 6.45) is 0. The number of benzene rings is 3. The van der Waals surface area contributed by atoms with E-state index in [0.717, 1.165) is 0 Å². The summed E-state index contributed by atoms with van der Waals surface area (Å²) in [6, 6.07) is 15.7. The highest BCUT2D eigenvalue weighted by atomic mass is 28.3. The summed E-state index contributed by atoms with van der Waals surface area (Å²) in [5, 5.41) is 9.92. The van der Waals surface area contributed by atoms with Gasteiger partial charge in [-0.05, 0) is 95.9 Å². The highest BCUT2D eigenvalue weighted by Gasteiger charge is 2.53. The molecule has 248 valence electrons. The molecule has 0 heterocycles. The van der Waals surface area contributed by atoms with E-state index >= 15 is 0 Å². The number of rotatable bonds is 7. The number of hydrogen-bond acceptors (Lipinski definition) is 0. The van der Waals surface area contributed by atoms with Gasteiger partial charge in [0.2, 0.25) is 0 Å². The van der Waals surface area contributed by atoms with Crippen molar-refractivity contribution in [1.29, 1.82) is 0 Å². The number of aryl methyl sites for hydroxylation is 3. The fourth-order valence-corrected chi connectivity index (χ4v) is 22.3. The van der Waals surface area contributed by atoms with Gasteiger partial charge in [0.1, 0.15) is 0 Å². The molecule has 0 nitrogen and oxygen atoms in total. The minimum absolute atomic E-state index is 0.382. The molecule has 0 bridgehead atoms.